The molecule has 0 aliphatic carbocycles. The van der Waals surface area contributed by atoms with Gasteiger partial charge in [0.2, 0.25) is 17.7 Å². The first kappa shape index (κ1) is 31.6. The molecule has 2 aliphatic rings. The Morgan fingerprint density at radius 3 is 2.52 bits per heavy atom. The highest BCUT2D eigenvalue weighted by molar-refractivity contribution is 9.10. The zero-order chi connectivity index (χ0) is 30.8. The standard InChI is InChI=1S/C31H41BrN6O4/c1-7-31(6)14-16-37(30(31)42)26(18(2)3)28(40)34-20(5)29(41)38-15-8-9-24(36-38)27(39)33-19(4)23-13-11-21-10-12-22(32)17-25(21)35-23/h7,10-13,17-20,24,26,36H,1,8-9,14-16H2,2-6H3,(H,33,39)(H,34,40)/t19-,20?,24+,26?,31?/m1/s1. The fourth-order valence-corrected chi connectivity index (χ4v) is 5.96. The quantitative estimate of drug-likeness (QED) is 0.360. The normalized spacial score (nSPS) is 23.0. The summed E-state index contributed by atoms with van der Waals surface area (Å²) < 4.78 is 0.929. The van der Waals surface area contributed by atoms with Crippen molar-refractivity contribution in [3.63, 3.8) is 0 Å². The van der Waals surface area contributed by atoms with Gasteiger partial charge in [0.25, 0.3) is 5.91 Å². The number of aromatic nitrogens is 1. The number of carbonyl (C=O) groups is 4. The second-order valence-electron chi connectivity index (χ2n) is 11.9. The van der Waals surface area contributed by atoms with Gasteiger partial charge in [-0.2, -0.15) is 0 Å². The summed E-state index contributed by atoms with van der Waals surface area (Å²) in [6, 6.07) is 7.25. The first-order valence-corrected chi connectivity index (χ1v) is 15.3. The lowest BCUT2D eigenvalue weighted by Crippen LogP contribution is -2.62. The molecule has 2 aromatic rings. The third-order valence-electron chi connectivity index (χ3n) is 8.28. The number of likely N-dealkylation sites (tertiary alicyclic amines) is 1. The number of benzene rings is 1. The van der Waals surface area contributed by atoms with E-state index < -0.39 is 23.5 Å². The van der Waals surface area contributed by atoms with Crippen molar-refractivity contribution in [1.82, 2.24) is 31.0 Å². The highest BCUT2D eigenvalue weighted by Crippen LogP contribution is 2.35. The molecule has 0 radical (unpaired) electrons. The summed E-state index contributed by atoms with van der Waals surface area (Å²) in [5.74, 6) is -1.22. The maximum Gasteiger partial charge on any atom is 0.258 e. The van der Waals surface area contributed by atoms with Crippen molar-refractivity contribution in [3.8, 4) is 0 Å². The molecule has 0 spiro atoms. The molecule has 3 heterocycles. The van der Waals surface area contributed by atoms with Crippen molar-refractivity contribution in [2.75, 3.05) is 13.1 Å². The molecule has 4 amide bonds. The number of pyridine rings is 1. The number of nitrogens with one attached hydrogen (secondary N) is 3. The molecule has 11 heteroatoms. The number of halogens is 1. The Morgan fingerprint density at radius 2 is 1.86 bits per heavy atom. The van der Waals surface area contributed by atoms with Crippen LogP contribution in [-0.2, 0) is 19.2 Å². The second kappa shape index (κ2) is 12.9. The molecule has 2 aliphatic heterocycles. The highest BCUT2D eigenvalue weighted by atomic mass is 79.9. The zero-order valence-corrected chi connectivity index (χ0v) is 26.5. The van der Waals surface area contributed by atoms with Gasteiger partial charge < -0.3 is 15.5 Å². The second-order valence-corrected chi connectivity index (χ2v) is 12.8. The van der Waals surface area contributed by atoms with Crippen LogP contribution in [0.25, 0.3) is 10.9 Å². The van der Waals surface area contributed by atoms with E-state index in [1.807, 2.05) is 58.0 Å². The fourth-order valence-electron chi connectivity index (χ4n) is 5.61. The molecule has 4 rings (SSSR count). The zero-order valence-electron chi connectivity index (χ0n) is 24.9. The molecule has 0 bridgehead atoms. The van der Waals surface area contributed by atoms with E-state index in [0.717, 1.165) is 21.1 Å². The van der Waals surface area contributed by atoms with Crippen LogP contribution in [0.1, 0.15) is 65.6 Å². The Balaban J connectivity index is 1.35. The Morgan fingerprint density at radius 1 is 1.14 bits per heavy atom. The largest absolute Gasteiger partial charge is 0.347 e. The number of hydrogen-bond acceptors (Lipinski definition) is 6. The highest BCUT2D eigenvalue weighted by Gasteiger charge is 2.46. The predicted octanol–water partition coefficient (Wildman–Crippen LogP) is 3.62. The molecule has 2 saturated heterocycles. The number of hydrazine groups is 1. The van der Waals surface area contributed by atoms with E-state index >= 15 is 0 Å². The molecule has 10 nitrogen and oxygen atoms in total. The van der Waals surface area contributed by atoms with Crippen LogP contribution < -0.4 is 16.1 Å². The Hall–Kier alpha value is -3.31. The fraction of sp³-hybridized carbons (Fsp3) is 0.516. The van der Waals surface area contributed by atoms with E-state index in [-0.39, 0.29) is 35.6 Å². The number of rotatable bonds is 9. The predicted molar refractivity (Wildman–Crippen MR) is 165 cm³/mol. The van der Waals surface area contributed by atoms with Gasteiger partial charge in [-0.3, -0.25) is 29.2 Å². The lowest BCUT2D eigenvalue weighted by atomic mass is 9.89. The molecule has 3 unspecified atom stereocenters. The molecule has 2 fully saturated rings. The summed E-state index contributed by atoms with van der Waals surface area (Å²) in [6.45, 7) is 13.8. The first-order valence-electron chi connectivity index (χ1n) is 14.5. The minimum Gasteiger partial charge on any atom is -0.347 e. The average Bonchev–Trinajstić information content (AvgIpc) is 3.25. The van der Waals surface area contributed by atoms with Crippen LogP contribution in [0.15, 0.2) is 47.5 Å². The number of fused-ring (bicyclic) bond motifs is 1. The molecule has 1 aromatic carbocycles. The third-order valence-corrected chi connectivity index (χ3v) is 8.78. The number of amides is 4. The monoisotopic (exact) mass is 640 g/mol. The smallest absolute Gasteiger partial charge is 0.258 e. The van der Waals surface area contributed by atoms with Crippen molar-refractivity contribution in [2.24, 2.45) is 11.3 Å². The van der Waals surface area contributed by atoms with Crippen molar-refractivity contribution in [2.45, 2.75) is 78.0 Å². The average molecular weight is 642 g/mol. The molecular formula is C31H41BrN6O4. The van der Waals surface area contributed by atoms with Crippen LogP contribution in [0, 0.1) is 11.3 Å². The van der Waals surface area contributed by atoms with Crippen LogP contribution in [0.5, 0.6) is 0 Å². The molecule has 3 N–H and O–H groups in total. The van der Waals surface area contributed by atoms with Crippen LogP contribution in [0.4, 0.5) is 0 Å². The summed E-state index contributed by atoms with van der Waals surface area (Å²) in [6.07, 6.45) is 3.43. The SMILES string of the molecule is C=CC1(C)CCN(C(C(=O)NC(C)C(=O)N2CCC[C@@H](C(=O)N[C@H](C)c3ccc4ccc(Br)cc4n3)N2)C(C)C)C1=O. The van der Waals surface area contributed by atoms with Crippen molar-refractivity contribution < 1.29 is 19.2 Å². The van der Waals surface area contributed by atoms with Crippen LogP contribution in [0.2, 0.25) is 0 Å². The lowest BCUT2D eigenvalue weighted by molar-refractivity contribution is -0.146. The maximum atomic E-state index is 13.3. The molecule has 5 atom stereocenters. The summed E-state index contributed by atoms with van der Waals surface area (Å²) in [5, 5.41) is 8.25. The number of hydrogen-bond donors (Lipinski definition) is 3. The van der Waals surface area contributed by atoms with Gasteiger partial charge in [0.15, 0.2) is 0 Å². The summed E-state index contributed by atoms with van der Waals surface area (Å²) in [7, 11) is 0. The minimum absolute atomic E-state index is 0.127. The lowest BCUT2D eigenvalue weighted by Gasteiger charge is -2.36. The maximum absolute atomic E-state index is 13.3. The van der Waals surface area contributed by atoms with Gasteiger partial charge in [0, 0.05) is 22.9 Å². The van der Waals surface area contributed by atoms with Gasteiger partial charge >= 0.3 is 0 Å². The Labute approximate surface area is 255 Å². The van der Waals surface area contributed by atoms with Gasteiger partial charge in [0.05, 0.1) is 22.7 Å². The first-order chi connectivity index (χ1) is 19.8. The van der Waals surface area contributed by atoms with Crippen LogP contribution in [0.3, 0.4) is 0 Å². The number of nitrogens with zero attached hydrogens (tertiary/aromatic N) is 3. The summed E-state index contributed by atoms with van der Waals surface area (Å²) >= 11 is 3.47. The summed E-state index contributed by atoms with van der Waals surface area (Å²) in [5.41, 5.74) is 3.92. The van der Waals surface area contributed by atoms with E-state index in [1.165, 1.54) is 5.01 Å². The van der Waals surface area contributed by atoms with Crippen LogP contribution in [-0.4, -0.2) is 69.7 Å². The molecule has 0 saturated carbocycles. The minimum atomic E-state index is -0.850. The third kappa shape index (κ3) is 6.67. The van der Waals surface area contributed by atoms with Gasteiger partial charge in [-0.15, -0.1) is 6.58 Å². The van der Waals surface area contributed by atoms with E-state index in [1.54, 1.807) is 17.9 Å². The van der Waals surface area contributed by atoms with Crippen LogP contribution >= 0.6 is 15.9 Å². The van der Waals surface area contributed by atoms with Crippen molar-refractivity contribution in [3.05, 3.63) is 53.2 Å². The topological polar surface area (TPSA) is 124 Å². The molecule has 42 heavy (non-hydrogen) atoms. The van der Waals surface area contributed by atoms with Crippen molar-refractivity contribution >= 4 is 50.5 Å². The molecule has 226 valence electrons. The summed E-state index contributed by atoms with van der Waals surface area (Å²) in [4.78, 5) is 59.2. The van der Waals surface area contributed by atoms with Gasteiger partial charge in [-0.1, -0.05) is 48.0 Å². The van der Waals surface area contributed by atoms with Gasteiger partial charge in [-0.25, -0.2) is 5.43 Å². The van der Waals surface area contributed by atoms with E-state index in [9.17, 15) is 19.2 Å². The van der Waals surface area contributed by atoms with Gasteiger partial charge in [0.1, 0.15) is 18.1 Å². The molecular weight excluding hydrogens is 600 g/mol. The van der Waals surface area contributed by atoms with E-state index in [2.05, 4.69) is 38.6 Å². The van der Waals surface area contributed by atoms with Gasteiger partial charge in [-0.05, 0) is 64.2 Å². The van der Waals surface area contributed by atoms with E-state index in [4.69, 9.17) is 4.98 Å². The number of carbonyl (C=O) groups excluding carboxylic acids is 4. The molecule has 1 aromatic heterocycles. The van der Waals surface area contributed by atoms with E-state index in [0.29, 0.717) is 32.4 Å². The Bertz CT molecular complexity index is 1380. The Kier molecular flexibility index (Phi) is 9.72. The van der Waals surface area contributed by atoms with Crippen molar-refractivity contribution in [1.29, 1.82) is 0 Å².